The van der Waals surface area contributed by atoms with Crippen LogP contribution in [-0.4, -0.2) is 71.2 Å². The molecule has 0 bridgehead atoms. The molecule has 0 unspecified atom stereocenters. The maximum Gasteiger partial charge on any atom is 0.410 e. The summed E-state index contributed by atoms with van der Waals surface area (Å²) in [6.45, 7) is 7.19. The number of anilines is 2. The summed E-state index contributed by atoms with van der Waals surface area (Å²) >= 11 is 0. The Morgan fingerprint density at radius 1 is 0.938 bits per heavy atom. The zero-order valence-corrected chi connectivity index (χ0v) is 27.7. The van der Waals surface area contributed by atoms with E-state index >= 15 is 13.2 Å². The molecule has 1 aliphatic heterocycles. The highest BCUT2D eigenvalue weighted by Crippen LogP contribution is 2.38. The first-order chi connectivity index (χ1) is 22.8. The Kier molecular flexibility index (Phi) is 9.12. The number of rotatable bonds is 7. The van der Waals surface area contributed by atoms with Gasteiger partial charge in [0, 0.05) is 73.2 Å². The minimum absolute atomic E-state index is 0.0617. The van der Waals surface area contributed by atoms with Crippen molar-refractivity contribution in [2.45, 2.75) is 57.3 Å². The van der Waals surface area contributed by atoms with E-state index in [1.54, 1.807) is 29.2 Å². The maximum atomic E-state index is 16.1. The summed E-state index contributed by atoms with van der Waals surface area (Å²) in [6.07, 6.45) is 6.42. The van der Waals surface area contributed by atoms with E-state index in [-0.39, 0.29) is 22.5 Å². The number of amides is 1. The largest absolute Gasteiger partial charge is 0.444 e. The number of benzene rings is 2. The van der Waals surface area contributed by atoms with E-state index < -0.39 is 50.1 Å². The van der Waals surface area contributed by atoms with Crippen LogP contribution in [0.3, 0.4) is 0 Å². The van der Waals surface area contributed by atoms with Crippen LogP contribution >= 0.6 is 0 Å². The lowest BCUT2D eigenvalue weighted by Gasteiger charge is -2.36. The highest BCUT2D eigenvalue weighted by Gasteiger charge is 2.31. The van der Waals surface area contributed by atoms with Crippen LogP contribution in [0, 0.1) is 17.5 Å². The average molecular weight is 683 g/mol. The predicted octanol–water partition coefficient (Wildman–Crippen LogP) is 6.76. The lowest BCUT2D eigenvalue weighted by molar-refractivity contribution is 0.0240. The average Bonchev–Trinajstić information content (AvgIpc) is 3.74. The molecule has 0 radical (unpaired) electrons. The minimum atomic E-state index is -3.95. The number of sulfonamides is 1. The Bertz CT molecular complexity index is 1920. The molecule has 2 fully saturated rings. The van der Waals surface area contributed by atoms with E-state index in [0.717, 1.165) is 25.0 Å². The Morgan fingerprint density at radius 3 is 2.27 bits per heavy atom. The van der Waals surface area contributed by atoms with Crippen molar-refractivity contribution in [2.75, 3.05) is 35.8 Å². The van der Waals surface area contributed by atoms with Gasteiger partial charge in [0.2, 0.25) is 10.0 Å². The lowest BCUT2D eigenvalue weighted by atomic mass is 10.0. The summed E-state index contributed by atoms with van der Waals surface area (Å²) in [5.41, 5.74) is 0.171. The molecule has 3 heterocycles. The number of nitrogens with one attached hydrogen (secondary N) is 1. The monoisotopic (exact) mass is 682 g/mol. The normalized spacial score (nSPS) is 16.0. The summed E-state index contributed by atoms with van der Waals surface area (Å²) in [4.78, 5) is 20.1. The Morgan fingerprint density at radius 2 is 1.62 bits per heavy atom. The second-order valence-electron chi connectivity index (χ2n) is 13.0. The Labute approximate surface area is 277 Å². The molecule has 0 atom stereocenters. The van der Waals surface area contributed by atoms with Gasteiger partial charge in [-0.05, 0) is 70.0 Å². The van der Waals surface area contributed by atoms with Crippen molar-refractivity contribution in [2.24, 2.45) is 0 Å². The van der Waals surface area contributed by atoms with E-state index in [2.05, 4.69) is 14.8 Å². The highest BCUT2D eigenvalue weighted by atomic mass is 32.2. The molecule has 1 aliphatic carbocycles. The number of ether oxygens (including phenoxy) is 1. The van der Waals surface area contributed by atoms with Crippen LogP contribution in [0.25, 0.3) is 28.1 Å². The number of carbonyl (C=O) groups excluding carboxylic acids is 1. The van der Waals surface area contributed by atoms with E-state index in [9.17, 15) is 13.2 Å². The zero-order chi connectivity index (χ0) is 34.2. The van der Waals surface area contributed by atoms with Crippen LogP contribution in [-0.2, 0) is 14.8 Å². The Balaban J connectivity index is 1.31. The van der Waals surface area contributed by atoms with Crippen molar-refractivity contribution in [3.8, 4) is 28.1 Å². The number of piperazine rings is 1. The summed E-state index contributed by atoms with van der Waals surface area (Å²) in [7, 11) is -3.95. The fourth-order valence-corrected chi connectivity index (χ4v) is 7.64. The summed E-state index contributed by atoms with van der Waals surface area (Å²) in [5.74, 6) is -2.44. The fraction of sp³-hybridized carbons (Fsp3) is 0.382. The van der Waals surface area contributed by atoms with Crippen molar-refractivity contribution < 1.29 is 31.1 Å². The quantitative estimate of drug-likeness (QED) is 0.230. The molecule has 254 valence electrons. The van der Waals surface area contributed by atoms with Crippen molar-refractivity contribution >= 4 is 27.5 Å². The van der Waals surface area contributed by atoms with Gasteiger partial charge in [-0.15, -0.1) is 0 Å². The molecule has 6 rings (SSSR count). The molecule has 2 aromatic carbocycles. The third kappa shape index (κ3) is 7.13. The molecule has 14 heteroatoms. The molecule has 2 aromatic heterocycles. The van der Waals surface area contributed by atoms with Crippen LogP contribution < -0.4 is 9.62 Å². The van der Waals surface area contributed by atoms with Gasteiger partial charge in [0.05, 0.1) is 10.9 Å². The first-order valence-electron chi connectivity index (χ1n) is 15.8. The van der Waals surface area contributed by atoms with Crippen LogP contribution in [0.2, 0.25) is 0 Å². The van der Waals surface area contributed by atoms with Gasteiger partial charge in [-0.1, -0.05) is 12.8 Å². The molecule has 1 amide bonds. The maximum absolute atomic E-state index is 16.1. The SMILES string of the molecule is CC(C)(C)OC(=O)N1CCN(c2ccc(-n3cc(-c4cc(F)cc(NS(=O)(=O)C5CCCC5)c4F)c(-c4ccncc4)n3)c(F)c2)CC1. The van der Waals surface area contributed by atoms with Crippen molar-refractivity contribution in [1.29, 1.82) is 0 Å². The van der Waals surface area contributed by atoms with Crippen molar-refractivity contribution in [3.05, 3.63) is 78.5 Å². The second-order valence-corrected chi connectivity index (χ2v) is 15.0. The van der Waals surface area contributed by atoms with E-state index in [0.29, 0.717) is 50.3 Å². The number of carbonyl (C=O) groups is 1. The number of nitrogens with zero attached hydrogens (tertiary/aromatic N) is 5. The Hall–Kier alpha value is -4.59. The number of pyridine rings is 1. The number of halogens is 3. The third-order valence-corrected chi connectivity index (χ3v) is 10.3. The first kappa shape index (κ1) is 33.3. The first-order valence-corrected chi connectivity index (χ1v) is 17.4. The molecule has 0 spiro atoms. The van der Waals surface area contributed by atoms with Gasteiger partial charge in [-0.3, -0.25) is 9.71 Å². The highest BCUT2D eigenvalue weighted by molar-refractivity contribution is 7.93. The summed E-state index contributed by atoms with van der Waals surface area (Å²) < 4.78 is 81.8. The lowest BCUT2D eigenvalue weighted by Crippen LogP contribution is -2.50. The molecule has 10 nitrogen and oxygen atoms in total. The molecule has 1 saturated carbocycles. The molecular formula is C34H37F3N6O4S. The van der Waals surface area contributed by atoms with Gasteiger partial charge in [0.1, 0.15) is 22.8 Å². The topological polar surface area (TPSA) is 110 Å². The molecule has 2 aliphatic rings. The van der Waals surface area contributed by atoms with E-state index in [1.807, 2.05) is 25.7 Å². The van der Waals surface area contributed by atoms with Crippen LogP contribution in [0.4, 0.5) is 29.3 Å². The second kappa shape index (κ2) is 13.1. The zero-order valence-electron chi connectivity index (χ0n) is 26.9. The minimum Gasteiger partial charge on any atom is -0.444 e. The van der Waals surface area contributed by atoms with Crippen LogP contribution in [0.15, 0.2) is 61.1 Å². The summed E-state index contributed by atoms with van der Waals surface area (Å²) in [5, 5.41) is 3.89. The number of hydrogen-bond donors (Lipinski definition) is 1. The molecular weight excluding hydrogens is 645 g/mol. The summed E-state index contributed by atoms with van der Waals surface area (Å²) in [6, 6.07) is 9.68. The van der Waals surface area contributed by atoms with Gasteiger partial charge in [-0.2, -0.15) is 5.10 Å². The van der Waals surface area contributed by atoms with Crippen molar-refractivity contribution in [3.63, 3.8) is 0 Å². The van der Waals surface area contributed by atoms with E-state index in [4.69, 9.17) is 4.74 Å². The molecule has 48 heavy (non-hydrogen) atoms. The van der Waals surface area contributed by atoms with Gasteiger partial charge in [-0.25, -0.2) is 31.1 Å². The molecule has 1 N–H and O–H groups in total. The van der Waals surface area contributed by atoms with Crippen LogP contribution in [0.5, 0.6) is 0 Å². The fourth-order valence-electron chi connectivity index (χ4n) is 6.06. The number of hydrogen-bond acceptors (Lipinski definition) is 7. The van der Waals surface area contributed by atoms with Crippen LogP contribution in [0.1, 0.15) is 46.5 Å². The van der Waals surface area contributed by atoms with Gasteiger partial charge in [0.25, 0.3) is 0 Å². The molecule has 1 saturated heterocycles. The number of aromatic nitrogens is 3. The molecule has 4 aromatic rings. The van der Waals surface area contributed by atoms with Crippen molar-refractivity contribution in [1.82, 2.24) is 19.7 Å². The predicted molar refractivity (Wildman–Crippen MR) is 177 cm³/mol. The van der Waals surface area contributed by atoms with Gasteiger partial charge >= 0.3 is 6.09 Å². The van der Waals surface area contributed by atoms with Gasteiger partial charge in [0.15, 0.2) is 11.6 Å². The van der Waals surface area contributed by atoms with E-state index in [1.165, 1.54) is 29.3 Å². The third-order valence-electron chi connectivity index (χ3n) is 8.46. The van der Waals surface area contributed by atoms with Gasteiger partial charge < -0.3 is 14.5 Å². The smallest absolute Gasteiger partial charge is 0.410 e. The standard InChI is InChI=1S/C34H37F3N6O4S/c1-34(2,3)47-33(44)42-16-14-41(15-17-42)24-8-9-30(28(36)20-24)43-21-27(32(39-43)22-10-12-38-13-11-22)26-18-23(35)19-29(31(26)37)40-48(45,46)25-6-4-5-7-25/h8-13,18-21,25,40H,4-7,14-17H2,1-3H3.